The van der Waals surface area contributed by atoms with Crippen molar-refractivity contribution < 1.29 is 4.74 Å². The molecule has 4 nitrogen and oxygen atoms in total. The second-order valence-electron chi connectivity index (χ2n) is 4.07. The van der Waals surface area contributed by atoms with Gasteiger partial charge >= 0.3 is 0 Å². The third-order valence-electron chi connectivity index (χ3n) is 2.77. The molecule has 0 saturated carbocycles. The van der Waals surface area contributed by atoms with Gasteiger partial charge in [-0.25, -0.2) is 0 Å². The average molecular weight is 221 g/mol. The fourth-order valence-electron chi connectivity index (χ4n) is 1.92. The van der Waals surface area contributed by atoms with Crippen LogP contribution in [0.5, 0.6) is 0 Å². The lowest BCUT2D eigenvalue weighted by molar-refractivity contribution is 0.140. The van der Waals surface area contributed by atoms with Gasteiger partial charge in [-0.05, 0) is 18.6 Å². The summed E-state index contributed by atoms with van der Waals surface area (Å²) in [7, 11) is 0. The van der Waals surface area contributed by atoms with Crippen molar-refractivity contribution in [3.63, 3.8) is 0 Å². The first-order chi connectivity index (χ1) is 7.88. The van der Waals surface area contributed by atoms with E-state index in [1.54, 1.807) is 0 Å². The Morgan fingerprint density at radius 2 is 2.12 bits per heavy atom. The van der Waals surface area contributed by atoms with Crippen LogP contribution in [0.25, 0.3) is 0 Å². The summed E-state index contributed by atoms with van der Waals surface area (Å²) >= 11 is 0. The molecule has 2 rings (SSSR count). The van der Waals surface area contributed by atoms with Crippen molar-refractivity contribution in [3.8, 4) is 0 Å². The molecule has 1 aromatic rings. The van der Waals surface area contributed by atoms with Gasteiger partial charge in [0.1, 0.15) is 0 Å². The molecule has 0 amide bonds. The van der Waals surface area contributed by atoms with Gasteiger partial charge in [0.05, 0.1) is 18.0 Å². The molecule has 1 aromatic heterocycles. The molecule has 0 atom stereocenters. The largest absolute Gasteiger partial charge is 0.380 e. The van der Waals surface area contributed by atoms with Gasteiger partial charge in [-0.15, -0.1) is 0 Å². The standard InChI is InChI=1S/C12H19N3O/c13-9-11-3-1-4-12(14-11)10-15-5-2-7-16-8-6-15/h1,3-4H,2,5-10,13H2. The number of hydrogen-bond donors (Lipinski definition) is 1. The highest BCUT2D eigenvalue weighted by atomic mass is 16.5. The molecule has 0 aromatic carbocycles. The second-order valence-corrected chi connectivity index (χ2v) is 4.07. The van der Waals surface area contributed by atoms with Gasteiger partial charge in [0.15, 0.2) is 0 Å². The summed E-state index contributed by atoms with van der Waals surface area (Å²) < 4.78 is 5.43. The fourth-order valence-corrected chi connectivity index (χ4v) is 1.92. The smallest absolute Gasteiger partial charge is 0.0593 e. The molecular weight excluding hydrogens is 202 g/mol. The molecule has 1 fully saturated rings. The van der Waals surface area contributed by atoms with E-state index in [0.29, 0.717) is 6.54 Å². The van der Waals surface area contributed by atoms with E-state index >= 15 is 0 Å². The summed E-state index contributed by atoms with van der Waals surface area (Å²) in [6.45, 7) is 5.21. The monoisotopic (exact) mass is 221 g/mol. The van der Waals surface area contributed by atoms with E-state index in [1.165, 1.54) is 0 Å². The van der Waals surface area contributed by atoms with E-state index in [1.807, 2.05) is 12.1 Å². The maximum Gasteiger partial charge on any atom is 0.0593 e. The Bertz CT molecular complexity index is 322. The molecule has 0 aliphatic carbocycles. The summed E-state index contributed by atoms with van der Waals surface area (Å²) in [4.78, 5) is 6.89. The van der Waals surface area contributed by atoms with Crippen LogP contribution in [-0.4, -0.2) is 36.2 Å². The number of nitrogens with two attached hydrogens (primary N) is 1. The molecule has 0 spiro atoms. The van der Waals surface area contributed by atoms with Crippen molar-refractivity contribution in [1.29, 1.82) is 0 Å². The Morgan fingerprint density at radius 1 is 1.25 bits per heavy atom. The maximum absolute atomic E-state index is 5.58. The second kappa shape index (κ2) is 5.94. The van der Waals surface area contributed by atoms with Crippen molar-refractivity contribution in [2.24, 2.45) is 5.73 Å². The minimum absolute atomic E-state index is 0.511. The SMILES string of the molecule is NCc1cccc(CN2CCCOCC2)n1. The maximum atomic E-state index is 5.58. The van der Waals surface area contributed by atoms with E-state index in [0.717, 1.165) is 50.7 Å². The average Bonchev–Trinajstić information content (AvgIpc) is 2.58. The Morgan fingerprint density at radius 3 is 3.00 bits per heavy atom. The molecule has 16 heavy (non-hydrogen) atoms. The molecule has 1 saturated heterocycles. The Labute approximate surface area is 96.4 Å². The highest BCUT2D eigenvalue weighted by molar-refractivity contribution is 5.11. The van der Waals surface area contributed by atoms with E-state index in [-0.39, 0.29) is 0 Å². The number of aromatic nitrogens is 1. The van der Waals surface area contributed by atoms with Gasteiger partial charge in [-0.2, -0.15) is 0 Å². The van der Waals surface area contributed by atoms with Crippen LogP contribution in [-0.2, 0) is 17.8 Å². The minimum atomic E-state index is 0.511. The first kappa shape index (κ1) is 11.5. The molecule has 2 heterocycles. The van der Waals surface area contributed by atoms with Gasteiger partial charge in [-0.3, -0.25) is 9.88 Å². The zero-order chi connectivity index (χ0) is 11.2. The van der Waals surface area contributed by atoms with Crippen LogP contribution in [0.15, 0.2) is 18.2 Å². The first-order valence-electron chi connectivity index (χ1n) is 5.83. The molecule has 0 bridgehead atoms. The normalized spacial score (nSPS) is 18.3. The van der Waals surface area contributed by atoms with Crippen molar-refractivity contribution in [1.82, 2.24) is 9.88 Å². The topological polar surface area (TPSA) is 51.4 Å². The predicted octanol–water partition coefficient (Wildman–Crippen LogP) is 0.763. The minimum Gasteiger partial charge on any atom is -0.380 e. The van der Waals surface area contributed by atoms with E-state index in [2.05, 4.69) is 16.0 Å². The van der Waals surface area contributed by atoms with Gasteiger partial charge in [0, 0.05) is 32.8 Å². The van der Waals surface area contributed by atoms with E-state index < -0.39 is 0 Å². The third kappa shape index (κ3) is 3.27. The third-order valence-corrected chi connectivity index (χ3v) is 2.77. The molecular formula is C12H19N3O. The van der Waals surface area contributed by atoms with Crippen LogP contribution in [0.2, 0.25) is 0 Å². The Hall–Kier alpha value is -0.970. The van der Waals surface area contributed by atoms with Crippen LogP contribution < -0.4 is 5.73 Å². The highest BCUT2D eigenvalue weighted by Gasteiger charge is 2.10. The zero-order valence-corrected chi connectivity index (χ0v) is 9.56. The molecule has 1 aliphatic rings. The molecule has 0 unspecified atom stereocenters. The van der Waals surface area contributed by atoms with Crippen molar-refractivity contribution >= 4 is 0 Å². The quantitative estimate of drug-likeness (QED) is 0.819. The van der Waals surface area contributed by atoms with Crippen LogP contribution >= 0.6 is 0 Å². The lowest BCUT2D eigenvalue weighted by Crippen LogP contribution is -2.26. The summed E-state index contributed by atoms with van der Waals surface area (Å²) in [6.07, 6.45) is 1.11. The van der Waals surface area contributed by atoms with E-state index in [9.17, 15) is 0 Å². The van der Waals surface area contributed by atoms with Crippen LogP contribution in [0.1, 0.15) is 17.8 Å². The van der Waals surface area contributed by atoms with Gasteiger partial charge < -0.3 is 10.5 Å². The van der Waals surface area contributed by atoms with Crippen molar-refractivity contribution in [3.05, 3.63) is 29.6 Å². The van der Waals surface area contributed by atoms with Gasteiger partial charge in [-0.1, -0.05) is 6.07 Å². The Balaban J connectivity index is 1.96. The fraction of sp³-hybridized carbons (Fsp3) is 0.583. The summed E-state index contributed by atoms with van der Waals surface area (Å²) in [6, 6.07) is 6.05. The molecule has 2 N–H and O–H groups in total. The van der Waals surface area contributed by atoms with Crippen molar-refractivity contribution in [2.75, 3.05) is 26.3 Å². The number of rotatable bonds is 3. The first-order valence-corrected chi connectivity index (χ1v) is 5.83. The number of pyridine rings is 1. The van der Waals surface area contributed by atoms with Gasteiger partial charge in [0.2, 0.25) is 0 Å². The van der Waals surface area contributed by atoms with Crippen LogP contribution in [0.4, 0.5) is 0 Å². The predicted molar refractivity (Wildman–Crippen MR) is 62.8 cm³/mol. The number of hydrogen-bond acceptors (Lipinski definition) is 4. The Kier molecular flexibility index (Phi) is 4.27. The van der Waals surface area contributed by atoms with Crippen LogP contribution in [0, 0.1) is 0 Å². The summed E-state index contributed by atoms with van der Waals surface area (Å²) in [5.74, 6) is 0. The highest BCUT2D eigenvalue weighted by Crippen LogP contribution is 2.06. The molecule has 4 heteroatoms. The summed E-state index contributed by atoms with van der Waals surface area (Å²) in [5.41, 5.74) is 7.64. The zero-order valence-electron chi connectivity index (χ0n) is 9.56. The number of ether oxygens (including phenoxy) is 1. The van der Waals surface area contributed by atoms with Gasteiger partial charge in [0.25, 0.3) is 0 Å². The lowest BCUT2D eigenvalue weighted by Gasteiger charge is -2.18. The molecule has 0 radical (unpaired) electrons. The van der Waals surface area contributed by atoms with Crippen LogP contribution in [0.3, 0.4) is 0 Å². The van der Waals surface area contributed by atoms with Crippen molar-refractivity contribution in [2.45, 2.75) is 19.5 Å². The molecule has 88 valence electrons. The lowest BCUT2D eigenvalue weighted by atomic mass is 10.2. The summed E-state index contributed by atoms with van der Waals surface area (Å²) in [5, 5.41) is 0. The number of nitrogens with zero attached hydrogens (tertiary/aromatic N) is 2. The van der Waals surface area contributed by atoms with E-state index in [4.69, 9.17) is 10.5 Å². The molecule has 1 aliphatic heterocycles.